The fourth-order valence-electron chi connectivity index (χ4n) is 2.21. The van der Waals surface area contributed by atoms with Crippen molar-refractivity contribution in [1.29, 1.82) is 0 Å². The van der Waals surface area contributed by atoms with Crippen LogP contribution >= 0.6 is 23.2 Å². The van der Waals surface area contributed by atoms with Gasteiger partial charge in [-0.05, 0) is 42.0 Å². The predicted octanol–water partition coefficient (Wildman–Crippen LogP) is 4.01. The molecule has 3 rings (SSSR count). The lowest BCUT2D eigenvalue weighted by molar-refractivity contribution is -0.117. The second-order valence-electron chi connectivity index (χ2n) is 5.02. The van der Waals surface area contributed by atoms with Gasteiger partial charge in [0.05, 0.1) is 5.69 Å². The number of allylic oxidation sites excluding steroid dienone is 2. The first-order valence-corrected chi connectivity index (χ1v) is 7.86. The fourth-order valence-corrected chi connectivity index (χ4v) is 2.53. The van der Waals surface area contributed by atoms with E-state index in [1.807, 2.05) is 18.2 Å². The molecule has 2 amide bonds. The molecule has 120 valence electrons. The monoisotopic (exact) mass is 358 g/mol. The van der Waals surface area contributed by atoms with Crippen LogP contribution in [0.4, 0.5) is 5.69 Å². The highest BCUT2D eigenvalue weighted by Gasteiger charge is 2.33. The van der Waals surface area contributed by atoms with Gasteiger partial charge < -0.3 is 0 Å². The third-order valence-electron chi connectivity index (χ3n) is 3.42. The van der Waals surface area contributed by atoms with Gasteiger partial charge in [0.15, 0.2) is 0 Å². The van der Waals surface area contributed by atoms with Crippen LogP contribution in [0.1, 0.15) is 5.56 Å². The summed E-state index contributed by atoms with van der Waals surface area (Å²) < 4.78 is 0. The van der Waals surface area contributed by atoms with Crippen molar-refractivity contribution in [3.05, 3.63) is 81.9 Å². The number of rotatable bonds is 3. The van der Waals surface area contributed by atoms with Gasteiger partial charge in [0, 0.05) is 10.0 Å². The quantitative estimate of drug-likeness (QED) is 0.665. The number of carbonyl (C=O) groups is 2. The van der Waals surface area contributed by atoms with Gasteiger partial charge in [-0.15, -0.1) is 0 Å². The Balaban J connectivity index is 1.81. The molecule has 4 nitrogen and oxygen atoms in total. The smallest absolute Gasteiger partial charge is 0.267 e. The van der Waals surface area contributed by atoms with Crippen LogP contribution in [0.5, 0.6) is 0 Å². The van der Waals surface area contributed by atoms with Gasteiger partial charge in [-0.3, -0.25) is 15.0 Å². The van der Waals surface area contributed by atoms with Crippen molar-refractivity contribution >= 4 is 46.8 Å². The summed E-state index contributed by atoms with van der Waals surface area (Å²) in [6.45, 7) is 0. The molecule has 0 bridgehead atoms. The summed E-state index contributed by atoms with van der Waals surface area (Å²) in [5.74, 6) is -0.884. The third-order valence-corrected chi connectivity index (χ3v) is 4.02. The van der Waals surface area contributed by atoms with Crippen molar-refractivity contribution in [1.82, 2.24) is 5.43 Å². The predicted molar refractivity (Wildman–Crippen MR) is 95.6 cm³/mol. The number of benzene rings is 2. The highest BCUT2D eigenvalue weighted by atomic mass is 35.5. The van der Waals surface area contributed by atoms with E-state index < -0.39 is 11.8 Å². The molecular formula is C18H12Cl2N2O2. The maximum Gasteiger partial charge on any atom is 0.282 e. The average Bonchev–Trinajstić information content (AvgIpc) is 2.85. The van der Waals surface area contributed by atoms with Crippen molar-refractivity contribution < 1.29 is 9.59 Å². The summed E-state index contributed by atoms with van der Waals surface area (Å²) in [6.07, 6.45) is 4.83. The van der Waals surface area contributed by atoms with E-state index in [1.54, 1.807) is 42.5 Å². The number of hydrogen-bond donors (Lipinski definition) is 1. The molecular weight excluding hydrogens is 347 g/mol. The van der Waals surface area contributed by atoms with Gasteiger partial charge in [-0.25, -0.2) is 5.01 Å². The van der Waals surface area contributed by atoms with Crippen molar-refractivity contribution in [3.63, 3.8) is 0 Å². The minimum Gasteiger partial charge on any atom is -0.267 e. The highest BCUT2D eigenvalue weighted by Crippen LogP contribution is 2.22. The molecule has 1 aliphatic heterocycles. The number of hydrogen-bond acceptors (Lipinski definition) is 2. The SMILES string of the molecule is O=C1NN(c2ccc(Cl)cc2)C(=O)C1=CC=Cc1ccccc1Cl. The zero-order chi connectivity index (χ0) is 17.1. The van der Waals surface area contributed by atoms with Crippen molar-refractivity contribution in [3.8, 4) is 0 Å². The zero-order valence-electron chi connectivity index (χ0n) is 12.4. The van der Waals surface area contributed by atoms with E-state index in [-0.39, 0.29) is 5.57 Å². The molecule has 0 spiro atoms. The van der Waals surface area contributed by atoms with Gasteiger partial charge in [0.2, 0.25) is 0 Å². The van der Waals surface area contributed by atoms with E-state index in [0.717, 1.165) is 5.56 Å². The van der Waals surface area contributed by atoms with Gasteiger partial charge >= 0.3 is 0 Å². The molecule has 6 heteroatoms. The van der Waals surface area contributed by atoms with Crippen LogP contribution in [0.25, 0.3) is 6.08 Å². The first-order chi connectivity index (χ1) is 11.6. The molecule has 1 N–H and O–H groups in total. The third kappa shape index (κ3) is 3.35. The van der Waals surface area contributed by atoms with Crippen LogP contribution in [0.15, 0.2) is 66.3 Å². The standard InChI is InChI=1S/C18H12Cl2N2O2/c19-13-8-10-14(11-9-13)22-18(24)15(17(23)21-22)6-3-5-12-4-1-2-7-16(12)20/h1-11H,(H,21,23). The molecule has 1 aliphatic rings. The summed E-state index contributed by atoms with van der Waals surface area (Å²) in [5.41, 5.74) is 3.91. The minimum atomic E-state index is -0.459. The minimum absolute atomic E-state index is 0.0493. The van der Waals surface area contributed by atoms with E-state index in [9.17, 15) is 9.59 Å². The van der Waals surface area contributed by atoms with Crippen molar-refractivity contribution in [2.75, 3.05) is 5.01 Å². The molecule has 1 heterocycles. The molecule has 1 fully saturated rings. The first kappa shape index (κ1) is 16.3. The van der Waals surface area contributed by atoms with E-state index in [2.05, 4.69) is 5.43 Å². The molecule has 0 aliphatic carbocycles. The Morgan fingerprint density at radius 1 is 0.958 bits per heavy atom. The van der Waals surface area contributed by atoms with Gasteiger partial charge in [-0.2, -0.15) is 0 Å². The summed E-state index contributed by atoms with van der Waals surface area (Å²) in [4.78, 5) is 24.4. The lowest BCUT2D eigenvalue weighted by Gasteiger charge is -2.14. The van der Waals surface area contributed by atoms with Crippen LogP contribution in [-0.4, -0.2) is 11.8 Å². The number of nitrogens with zero attached hydrogens (tertiary/aromatic N) is 1. The molecule has 2 aromatic rings. The lowest BCUT2D eigenvalue weighted by atomic mass is 10.2. The van der Waals surface area contributed by atoms with Crippen LogP contribution in [-0.2, 0) is 9.59 Å². The van der Waals surface area contributed by atoms with E-state index in [4.69, 9.17) is 23.2 Å². The number of hydrazine groups is 1. The Morgan fingerprint density at radius 2 is 1.67 bits per heavy atom. The van der Waals surface area contributed by atoms with E-state index in [1.165, 1.54) is 11.1 Å². The maximum atomic E-state index is 12.4. The number of halogens is 2. The van der Waals surface area contributed by atoms with Gasteiger partial charge in [0.1, 0.15) is 5.57 Å². The summed E-state index contributed by atoms with van der Waals surface area (Å²) in [6, 6.07) is 13.9. The fraction of sp³-hybridized carbons (Fsp3) is 0. The molecule has 24 heavy (non-hydrogen) atoms. The Kier molecular flexibility index (Phi) is 4.69. The van der Waals surface area contributed by atoms with Crippen LogP contribution in [0, 0.1) is 0 Å². The molecule has 0 unspecified atom stereocenters. The zero-order valence-corrected chi connectivity index (χ0v) is 13.9. The molecule has 0 radical (unpaired) electrons. The largest absolute Gasteiger partial charge is 0.282 e. The molecule has 0 aromatic heterocycles. The maximum absolute atomic E-state index is 12.4. The summed E-state index contributed by atoms with van der Waals surface area (Å²) in [7, 11) is 0. The first-order valence-electron chi connectivity index (χ1n) is 7.10. The van der Waals surface area contributed by atoms with Crippen LogP contribution < -0.4 is 10.4 Å². The van der Waals surface area contributed by atoms with Gasteiger partial charge in [0.25, 0.3) is 11.8 Å². The summed E-state index contributed by atoms with van der Waals surface area (Å²) >= 11 is 11.9. The number of anilines is 1. The van der Waals surface area contributed by atoms with Crippen LogP contribution in [0.3, 0.4) is 0 Å². The van der Waals surface area contributed by atoms with Gasteiger partial charge in [-0.1, -0.05) is 53.6 Å². The van der Waals surface area contributed by atoms with Crippen molar-refractivity contribution in [2.45, 2.75) is 0 Å². The Labute approximate surface area is 149 Å². The Morgan fingerprint density at radius 3 is 2.38 bits per heavy atom. The number of carbonyl (C=O) groups excluding carboxylic acids is 2. The van der Waals surface area contributed by atoms with E-state index >= 15 is 0 Å². The Bertz CT molecular complexity index is 858. The highest BCUT2D eigenvalue weighted by molar-refractivity contribution is 6.32. The van der Waals surface area contributed by atoms with Crippen molar-refractivity contribution in [2.24, 2.45) is 0 Å². The molecule has 0 atom stereocenters. The molecule has 2 aromatic carbocycles. The topological polar surface area (TPSA) is 49.4 Å². The molecule has 1 saturated heterocycles. The number of nitrogens with one attached hydrogen (secondary N) is 1. The Hall–Kier alpha value is -2.56. The summed E-state index contributed by atoms with van der Waals surface area (Å²) in [5, 5.41) is 2.33. The lowest BCUT2D eigenvalue weighted by Crippen LogP contribution is -2.35. The second-order valence-corrected chi connectivity index (χ2v) is 5.86. The van der Waals surface area contributed by atoms with Crippen LogP contribution in [0.2, 0.25) is 10.0 Å². The molecule has 0 saturated carbocycles. The number of amides is 2. The second kappa shape index (κ2) is 6.91. The van der Waals surface area contributed by atoms with E-state index in [0.29, 0.717) is 15.7 Å². The average molecular weight is 359 g/mol. The normalized spacial score (nSPS) is 16.2.